The predicted molar refractivity (Wildman–Crippen MR) is 75.4 cm³/mol. The lowest BCUT2D eigenvalue weighted by molar-refractivity contribution is 0.296. The lowest BCUT2D eigenvalue weighted by atomic mass is 9.89. The summed E-state index contributed by atoms with van der Waals surface area (Å²) in [5.41, 5.74) is 1.44. The van der Waals surface area contributed by atoms with E-state index in [0.29, 0.717) is 0 Å². The molecule has 1 aromatic rings. The van der Waals surface area contributed by atoms with Crippen molar-refractivity contribution in [3.8, 4) is 0 Å². The zero-order valence-electron chi connectivity index (χ0n) is 11.6. The first kappa shape index (κ1) is 12.3. The molecule has 2 bridgehead atoms. The molecule has 1 heterocycles. The highest BCUT2D eigenvalue weighted by molar-refractivity contribution is 5.10. The Balaban J connectivity index is 1.51. The van der Waals surface area contributed by atoms with Crippen LogP contribution in [0.1, 0.15) is 44.6 Å². The van der Waals surface area contributed by atoms with Crippen LogP contribution in [-0.2, 0) is 13.1 Å². The standard InChI is InChI=1S/C16H26N2/c1-2-6-17-10-14-5-7-18(11-14)12-16-9-13-3-4-15(16)8-13/h5,7,11,13,15-17H,2-4,6,8-10,12H2,1H3. The number of nitrogens with one attached hydrogen (secondary N) is 1. The van der Waals surface area contributed by atoms with Crippen molar-refractivity contribution in [3.05, 3.63) is 24.0 Å². The van der Waals surface area contributed by atoms with E-state index in [-0.39, 0.29) is 0 Å². The van der Waals surface area contributed by atoms with Gasteiger partial charge in [0.15, 0.2) is 0 Å². The third-order valence-electron chi connectivity index (χ3n) is 4.90. The van der Waals surface area contributed by atoms with Crippen molar-refractivity contribution in [3.63, 3.8) is 0 Å². The second kappa shape index (κ2) is 5.48. The number of aromatic nitrogens is 1. The predicted octanol–water partition coefficient (Wildman–Crippen LogP) is 3.42. The van der Waals surface area contributed by atoms with Crippen molar-refractivity contribution < 1.29 is 0 Å². The Bertz CT molecular complexity index is 382. The van der Waals surface area contributed by atoms with Crippen LogP contribution in [0.25, 0.3) is 0 Å². The molecule has 0 aromatic carbocycles. The molecule has 3 atom stereocenters. The molecule has 0 saturated heterocycles. The van der Waals surface area contributed by atoms with Crippen LogP contribution in [0.5, 0.6) is 0 Å². The summed E-state index contributed by atoms with van der Waals surface area (Å²) < 4.78 is 2.42. The summed E-state index contributed by atoms with van der Waals surface area (Å²) in [5.74, 6) is 3.08. The molecule has 1 N–H and O–H groups in total. The minimum atomic E-state index is 0.965. The van der Waals surface area contributed by atoms with E-state index >= 15 is 0 Å². The van der Waals surface area contributed by atoms with Gasteiger partial charge in [0.05, 0.1) is 0 Å². The molecular formula is C16H26N2. The van der Waals surface area contributed by atoms with Crippen molar-refractivity contribution in [2.24, 2.45) is 17.8 Å². The SMILES string of the molecule is CCCNCc1ccn(CC2CC3CCC2C3)c1. The third-order valence-corrected chi connectivity index (χ3v) is 4.90. The van der Waals surface area contributed by atoms with Crippen LogP contribution in [0, 0.1) is 17.8 Å². The minimum absolute atomic E-state index is 0.965. The number of hydrogen-bond donors (Lipinski definition) is 1. The highest BCUT2D eigenvalue weighted by Gasteiger charge is 2.39. The fourth-order valence-corrected chi connectivity index (χ4v) is 3.99. The molecule has 3 unspecified atom stereocenters. The van der Waals surface area contributed by atoms with Crippen LogP contribution >= 0.6 is 0 Å². The highest BCUT2D eigenvalue weighted by Crippen LogP contribution is 2.48. The number of hydrogen-bond acceptors (Lipinski definition) is 1. The van der Waals surface area contributed by atoms with Crippen LogP contribution in [0.3, 0.4) is 0 Å². The Hall–Kier alpha value is -0.760. The molecule has 100 valence electrons. The highest BCUT2D eigenvalue weighted by atomic mass is 15.0. The maximum atomic E-state index is 3.47. The second-order valence-electron chi connectivity index (χ2n) is 6.33. The molecular weight excluding hydrogens is 220 g/mol. The molecule has 3 rings (SSSR count). The molecule has 1 aromatic heterocycles. The summed E-state index contributed by atoms with van der Waals surface area (Å²) in [6, 6.07) is 2.27. The first-order valence-corrected chi connectivity index (χ1v) is 7.70. The summed E-state index contributed by atoms with van der Waals surface area (Å²) >= 11 is 0. The van der Waals surface area contributed by atoms with Gasteiger partial charge in [0.1, 0.15) is 0 Å². The van der Waals surface area contributed by atoms with E-state index in [4.69, 9.17) is 0 Å². The first-order valence-electron chi connectivity index (χ1n) is 7.70. The van der Waals surface area contributed by atoms with E-state index in [0.717, 1.165) is 30.8 Å². The number of nitrogens with zero attached hydrogens (tertiary/aromatic N) is 1. The molecule has 2 aliphatic carbocycles. The fourth-order valence-electron chi connectivity index (χ4n) is 3.99. The molecule has 0 aliphatic heterocycles. The molecule has 2 aliphatic rings. The van der Waals surface area contributed by atoms with Crippen molar-refractivity contribution in [2.75, 3.05) is 6.54 Å². The minimum Gasteiger partial charge on any atom is -0.354 e. The summed E-state index contributed by atoms with van der Waals surface area (Å²) in [6.45, 7) is 5.62. The third kappa shape index (κ3) is 2.64. The number of rotatable bonds is 6. The summed E-state index contributed by atoms with van der Waals surface area (Å²) in [4.78, 5) is 0. The number of fused-ring (bicyclic) bond motifs is 2. The molecule has 0 amide bonds. The van der Waals surface area contributed by atoms with Crippen LogP contribution < -0.4 is 5.32 Å². The topological polar surface area (TPSA) is 17.0 Å². The average Bonchev–Trinajstić information content (AvgIpc) is 3.06. The molecule has 2 nitrogen and oxygen atoms in total. The van der Waals surface area contributed by atoms with Gasteiger partial charge in [-0.3, -0.25) is 0 Å². The zero-order valence-corrected chi connectivity index (χ0v) is 11.6. The summed E-state index contributed by atoms with van der Waals surface area (Å²) in [6.07, 6.45) is 11.9. The molecule has 2 fully saturated rings. The Labute approximate surface area is 111 Å². The van der Waals surface area contributed by atoms with Crippen LogP contribution in [-0.4, -0.2) is 11.1 Å². The van der Waals surface area contributed by atoms with Gasteiger partial charge < -0.3 is 9.88 Å². The van der Waals surface area contributed by atoms with E-state index in [1.165, 1.54) is 44.2 Å². The fraction of sp³-hybridized carbons (Fsp3) is 0.750. The van der Waals surface area contributed by atoms with Gasteiger partial charge in [-0.15, -0.1) is 0 Å². The Morgan fingerprint density at radius 1 is 1.33 bits per heavy atom. The summed E-state index contributed by atoms with van der Waals surface area (Å²) in [7, 11) is 0. The lowest BCUT2D eigenvalue weighted by Gasteiger charge is -2.22. The van der Waals surface area contributed by atoms with Crippen molar-refractivity contribution in [2.45, 2.75) is 52.1 Å². The van der Waals surface area contributed by atoms with Crippen LogP contribution in [0.2, 0.25) is 0 Å². The van der Waals surface area contributed by atoms with Crippen molar-refractivity contribution in [1.82, 2.24) is 9.88 Å². The first-order chi connectivity index (χ1) is 8.85. The van der Waals surface area contributed by atoms with Gasteiger partial charge in [-0.05, 0) is 61.6 Å². The van der Waals surface area contributed by atoms with Crippen LogP contribution in [0.15, 0.2) is 18.5 Å². The molecule has 2 heteroatoms. The van der Waals surface area contributed by atoms with Gasteiger partial charge in [-0.25, -0.2) is 0 Å². The van der Waals surface area contributed by atoms with Crippen LogP contribution in [0.4, 0.5) is 0 Å². The second-order valence-corrected chi connectivity index (χ2v) is 6.33. The Kier molecular flexibility index (Phi) is 3.74. The van der Waals surface area contributed by atoms with E-state index in [2.05, 4.69) is 35.3 Å². The molecule has 0 spiro atoms. The van der Waals surface area contributed by atoms with Gasteiger partial charge >= 0.3 is 0 Å². The van der Waals surface area contributed by atoms with Crippen molar-refractivity contribution in [1.29, 1.82) is 0 Å². The van der Waals surface area contributed by atoms with E-state index in [1.54, 1.807) is 0 Å². The van der Waals surface area contributed by atoms with Gasteiger partial charge in [0, 0.05) is 25.5 Å². The van der Waals surface area contributed by atoms with E-state index < -0.39 is 0 Å². The largest absolute Gasteiger partial charge is 0.354 e. The molecule has 18 heavy (non-hydrogen) atoms. The Morgan fingerprint density at radius 2 is 2.28 bits per heavy atom. The maximum Gasteiger partial charge on any atom is 0.0250 e. The van der Waals surface area contributed by atoms with E-state index in [9.17, 15) is 0 Å². The zero-order chi connectivity index (χ0) is 12.4. The molecule has 0 radical (unpaired) electrons. The van der Waals surface area contributed by atoms with Gasteiger partial charge in [0.2, 0.25) is 0 Å². The lowest BCUT2D eigenvalue weighted by Crippen LogP contribution is -2.16. The average molecular weight is 246 g/mol. The maximum absolute atomic E-state index is 3.47. The van der Waals surface area contributed by atoms with E-state index in [1.807, 2.05) is 0 Å². The molecule has 2 saturated carbocycles. The smallest absolute Gasteiger partial charge is 0.0250 e. The quantitative estimate of drug-likeness (QED) is 0.761. The normalized spacial score (nSPS) is 30.2. The van der Waals surface area contributed by atoms with Gasteiger partial charge in [-0.2, -0.15) is 0 Å². The summed E-state index contributed by atoms with van der Waals surface area (Å²) in [5, 5.41) is 3.47. The monoisotopic (exact) mass is 246 g/mol. The van der Waals surface area contributed by atoms with Gasteiger partial charge in [-0.1, -0.05) is 13.3 Å². The van der Waals surface area contributed by atoms with Gasteiger partial charge in [0.25, 0.3) is 0 Å². The van der Waals surface area contributed by atoms with Crippen molar-refractivity contribution >= 4 is 0 Å². The Morgan fingerprint density at radius 3 is 3.00 bits per heavy atom.